The van der Waals surface area contributed by atoms with Crippen molar-refractivity contribution in [1.82, 2.24) is 0 Å². The molecular weight excluding hydrogens is 280 g/mol. The zero-order chi connectivity index (χ0) is 13.8. The highest BCUT2D eigenvalue weighted by Crippen LogP contribution is 2.41. The van der Waals surface area contributed by atoms with Crippen LogP contribution in [0.25, 0.3) is 5.57 Å². The van der Waals surface area contributed by atoms with Crippen LogP contribution in [-0.4, -0.2) is 17.3 Å². The second-order valence-electron chi connectivity index (χ2n) is 4.73. The van der Waals surface area contributed by atoms with Gasteiger partial charge in [0.25, 0.3) is 0 Å². The van der Waals surface area contributed by atoms with E-state index in [1.54, 1.807) is 4.24 Å². The van der Waals surface area contributed by atoms with Gasteiger partial charge >= 0.3 is 0 Å². The molecule has 20 heavy (non-hydrogen) atoms. The molecule has 0 nitrogen and oxygen atoms in total. The van der Waals surface area contributed by atoms with E-state index in [-0.39, 0.29) is 0 Å². The van der Waals surface area contributed by atoms with Crippen LogP contribution in [0.2, 0.25) is 0 Å². The Labute approximate surface area is 128 Å². The second-order valence-corrected chi connectivity index (χ2v) is 8.47. The summed E-state index contributed by atoms with van der Waals surface area (Å²) in [6.07, 6.45) is 0. The lowest BCUT2D eigenvalue weighted by Gasteiger charge is -2.10. The Kier molecular flexibility index (Phi) is 4.54. The monoisotopic (exact) mass is 299 g/mol. The van der Waals surface area contributed by atoms with Gasteiger partial charge in [-0.25, -0.2) is 0 Å². The molecule has 2 aromatic rings. The first-order valence-electron chi connectivity index (χ1n) is 7.05. The molecule has 0 radical (unpaired) electrons. The largest absolute Gasteiger partial charge is 0.197 e. The highest BCUT2D eigenvalue weighted by atomic mass is 32.2. The molecule has 1 aliphatic rings. The molecule has 0 amide bonds. The molecular formula is C18H19S2+. The van der Waals surface area contributed by atoms with Gasteiger partial charge in [0.1, 0.15) is 11.5 Å². The molecule has 1 atom stereocenters. The Balaban J connectivity index is 2.16. The van der Waals surface area contributed by atoms with Crippen molar-refractivity contribution in [3.8, 4) is 0 Å². The molecule has 1 heterocycles. The normalized spacial score (nSPS) is 18.2. The summed E-state index contributed by atoms with van der Waals surface area (Å²) in [7, 11) is 0.439. The van der Waals surface area contributed by atoms with Gasteiger partial charge in [0.05, 0.1) is 5.57 Å². The summed E-state index contributed by atoms with van der Waals surface area (Å²) in [5.41, 5.74) is 4.17. The summed E-state index contributed by atoms with van der Waals surface area (Å²) in [6.45, 7) is 2.32. The minimum atomic E-state index is 0.439. The third-order valence-electron chi connectivity index (χ3n) is 3.50. The van der Waals surface area contributed by atoms with E-state index in [1.807, 2.05) is 0 Å². The molecule has 2 aromatic carbocycles. The van der Waals surface area contributed by atoms with E-state index < -0.39 is 0 Å². The second kappa shape index (κ2) is 6.55. The standard InChI is InChI=1S/C18H19S2/c1-2-20-14-13-19-18(20)17(15-9-5-3-6-10-15)16-11-7-4-8-12-16/h3-12H,2,13-14H2,1H3/q+1. The average molecular weight is 299 g/mol. The van der Waals surface area contributed by atoms with Crippen molar-refractivity contribution in [3.05, 3.63) is 76.0 Å². The Morgan fingerprint density at radius 1 is 0.950 bits per heavy atom. The number of hydrogen-bond acceptors (Lipinski definition) is 1. The van der Waals surface area contributed by atoms with E-state index in [9.17, 15) is 0 Å². The van der Waals surface area contributed by atoms with Gasteiger partial charge in [-0.15, -0.1) is 0 Å². The summed E-state index contributed by atoms with van der Waals surface area (Å²) in [5, 5.41) is 0. The van der Waals surface area contributed by atoms with Gasteiger partial charge in [0.15, 0.2) is 4.24 Å². The zero-order valence-electron chi connectivity index (χ0n) is 11.7. The summed E-state index contributed by atoms with van der Waals surface area (Å²) >= 11 is 2.06. The molecule has 3 rings (SSSR count). The fraction of sp³-hybridized carbons (Fsp3) is 0.222. The average Bonchev–Trinajstić information content (AvgIpc) is 2.98. The summed E-state index contributed by atoms with van der Waals surface area (Å²) in [5.74, 6) is 3.89. The zero-order valence-corrected chi connectivity index (χ0v) is 13.3. The highest BCUT2D eigenvalue weighted by Gasteiger charge is 2.34. The Morgan fingerprint density at radius 3 is 2.00 bits per heavy atom. The van der Waals surface area contributed by atoms with Crippen LogP contribution in [0.1, 0.15) is 18.1 Å². The molecule has 0 spiro atoms. The van der Waals surface area contributed by atoms with Crippen molar-refractivity contribution in [1.29, 1.82) is 0 Å². The van der Waals surface area contributed by atoms with Crippen LogP contribution in [0.15, 0.2) is 64.9 Å². The fourth-order valence-corrected chi connectivity index (χ4v) is 7.00. The number of benzene rings is 2. The number of thioether (sulfide) groups is 1. The first-order chi connectivity index (χ1) is 9.90. The van der Waals surface area contributed by atoms with Gasteiger partial charge in [-0.3, -0.25) is 0 Å². The summed E-state index contributed by atoms with van der Waals surface area (Å²) in [6, 6.07) is 21.7. The molecule has 0 bridgehead atoms. The van der Waals surface area contributed by atoms with Crippen molar-refractivity contribution in [2.24, 2.45) is 0 Å². The predicted octanol–water partition coefficient (Wildman–Crippen LogP) is 4.79. The van der Waals surface area contributed by atoms with Crippen LogP contribution >= 0.6 is 11.8 Å². The van der Waals surface area contributed by atoms with Gasteiger partial charge in [-0.05, 0) is 18.1 Å². The molecule has 2 heteroatoms. The molecule has 102 valence electrons. The number of rotatable bonds is 3. The van der Waals surface area contributed by atoms with Crippen LogP contribution in [-0.2, 0) is 10.9 Å². The maximum Gasteiger partial charge on any atom is 0.197 e. The Hall–Kier alpha value is -1.12. The van der Waals surface area contributed by atoms with Gasteiger partial charge in [0, 0.05) is 16.6 Å². The van der Waals surface area contributed by atoms with Crippen LogP contribution in [0.4, 0.5) is 0 Å². The topological polar surface area (TPSA) is 0 Å². The first kappa shape index (κ1) is 13.8. The molecule has 1 unspecified atom stereocenters. The predicted molar refractivity (Wildman–Crippen MR) is 94.1 cm³/mol. The van der Waals surface area contributed by atoms with Gasteiger partial charge in [-0.1, -0.05) is 72.4 Å². The van der Waals surface area contributed by atoms with E-state index in [0.717, 1.165) is 0 Å². The fourth-order valence-electron chi connectivity index (χ4n) is 2.51. The molecule has 0 aromatic heterocycles. The van der Waals surface area contributed by atoms with E-state index in [0.29, 0.717) is 10.9 Å². The van der Waals surface area contributed by atoms with Crippen LogP contribution < -0.4 is 0 Å². The van der Waals surface area contributed by atoms with Gasteiger partial charge < -0.3 is 0 Å². The maximum absolute atomic E-state index is 2.32. The van der Waals surface area contributed by atoms with E-state index in [1.165, 1.54) is 34.0 Å². The van der Waals surface area contributed by atoms with Crippen molar-refractivity contribution in [2.45, 2.75) is 6.92 Å². The molecule has 1 fully saturated rings. The quantitative estimate of drug-likeness (QED) is 0.734. The lowest BCUT2D eigenvalue weighted by atomic mass is 10.00. The van der Waals surface area contributed by atoms with Crippen molar-refractivity contribution < 1.29 is 0 Å². The van der Waals surface area contributed by atoms with E-state index in [2.05, 4.69) is 79.3 Å². The van der Waals surface area contributed by atoms with E-state index >= 15 is 0 Å². The third-order valence-corrected chi connectivity index (χ3v) is 7.82. The minimum Gasteiger partial charge on any atom is -0.0695 e. The van der Waals surface area contributed by atoms with Gasteiger partial charge in [0.2, 0.25) is 0 Å². The third kappa shape index (κ3) is 2.82. The van der Waals surface area contributed by atoms with Gasteiger partial charge in [-0.2, -0.15) is 0 Å². The first-order valence-corrected chi connectivity index (χ1v) is 9.60. The van der Waals surface area contributed by atoms with Crippen molar-refractivity contribution in [2.75, 3.05) is 17.3 Å². The minimum absolute atomic E-state index is 0.439. The molecule has 0 aliphatic carbocycles. The maximum atomic E-state index is 2.32. The van der Waals surface area contributed by atoms with Crippen molar-refractivity contribution in [3.63, 3.8) is 0 Å². The smallest absolute Gasteiger partial charge is 0.0695 e. The van der Waals surface area contributed by atoms with E-state index in [4.69, 9.17) is 0 Å². The Morgan fingerprint density at radius 2 is 1.50 bits per heavy atom. The van der Waals surface area contributed by atoms with Crippen LogP contribution in [0.3, 0.4) is 0 Å². The number of hydrogen-bond donors (Lipinski definition) is 0. The van der Waals surface area contributed by atoms with Crippen LogP contribution in [0.5, 0.6) is 0 Å². The molecule has 1 saturated heterocycles. The summed E-state index contributed by atoms with van der Waals surface area (Å²) in [4.78, 5) is 0. The molecule has 1 aliphatic heterocycles. The SMILES string of the molecule is CC[S+]1CCSC1=C(c1ccccc1)c1ccccc1. The molecule has 0 saturated carbocycles. The van der Waals surface area contributed by atoms with Crippen LogP contribution in [0, 0.1) is 0 Å². The Bertz CT molecular complexity index is 546. The lowest BCUT2D eigenvalue weighted by molar-refractivity contribution is 1.47. The van der Waals surface area contributed by atoms with Crippen molar-refractivity contribution >= 4 is 28.2 Å². The highest BCUT2D eigenvalue weighted by molar-refractivity contribution is 8.24. The summed E-state index contributed by atoms with van der Waals surface area (Å²) < 4.78 is 1.62. The molecule has 0 N–H and O–H groups in total. The lowest BCUT2D eigenvalue weighted by Crippen LogP contribution is -2.07.